The maximum Gasteiger partial charge on any atom is 0.417 e. The molecule has 3 aromatic heterocycles. The molecule has 0 bridgehead atoms. The lowest BCUT2D eigenvalue weighted by Crippen LogP contribution is -2.07. The number of nitrogens with zero attached hydrogens (tertiary/aromatic N) is 5. The Morgan fingerprint density at radius 2 is 1.96 bits per heavy atom. The fraction of sp³-hybridized carbons (Fsp3) is 0.214. The van der Waals surface area contributed by atoms with Crippen LogP contribution in [-0.2, 0) is 10.9 Å². The van der Waals surface area contributed by atoms with Crippen LogP contribution in [0.5, 0.6) is 0 Å². The molecule has 3 aromatic rings. The summed E-state index contributed by atoms with van der Waals surface area (Å²) in [7, 11) is 0. The molecule has 24 heavy (non-hydrogen) atoms. The minimum atomic E-state index is -4.46. The molecule has 0 amide bonds. The Hall–Kier alpha value is -3.04. The van der Waals surface area contributed by atoms with Gasteiger partial charge in [-0.1, -0.05) is 0 Å². The molecule has 0 saturated heterocycles. The lowest BCUT2D eigenvalue weighted by Gasteiger charge is -2.06. The SMILES string of the molecule is CCOC(=O)c1nc2cnc(-c3ccc(C(F)(F)F)cn3)cn2n1. The number of esters is 1. The Labute approximate surface area is 133 Å². The van der Waals surface area contributed by atoms with Gasteiger partial charge in [0.15, 0.2) is 5.65 Å². The summed E-state index contributed by atoms with van der Waals surface area (Å²) in [5.74, 6) is -0.799. The van der Waals surface area contributed by atoms with Crippen molar-refractivity contribution in [2.24, 2.45) is 0 Å². The zero-order valence-corrected chi connectivity index (χ0v) is 12.3. The van der Waals surface area contributed by atoms with Crippen LogP contribution >= 0.6 is 0 Å². The van der Waals surface area contributed by atoms with Crippen molar-refractivity contribution in [1.82, 2.24) is 24.6 Å². The number of alkyl halides is 3. The molecule has 3 rings (SSSR count). The Kier molecular flexibility index (Phi) is 3.87. The molecule has 0 unspecified atom stereocenters. The number of aromatic nitrogens is 5. The van der Waals surface area contributed by atoms with E-state index in [2.05, 4.69) is 20.1 Å². The van der Waals surface area contributed by atoms with E-state index < -0.39 is 17.7 Å². The number of halogens is 3. The highest BCUT2D eigenvalue weighted by Crippen LogP contribution is 2.29. The van der Waals surface area contributed by atoms with E-state index >= 15 is 0 Å². The summed E-state index contributed by atoms with van der Waals surface area (Å²) in [5.41, 5.74) is -0.0268. The van der Waals surface area contributed by atoms with Crippen LogP contribution in [0.1, 0.15) is 23.1 Å². The van der Waals surface area contributed by atoms with Crippen LogP contribution in [0.2, 0.25) is 0 Å². The summed E-state index contributed by atoms with van der Waals surface area (Å²) in [5, 5.41) is 3.96. The van der Waals surface area contributed by atoms with Gasteiger partial charge in [-0.15, -0.1) is 5.10 Å². The first kappa shape index (κ1) is 15.8. The van der Waals surface area contributed by atoms with Gasteiger partial charge >= 0.3 is 12.1 Å². The molecule has 0 aromatic carbocycles. The van der Waals surface area contributed by atoms with Gasteiger partial charge in [-0.25, -0.2) is 14.3 Å². The topological polar surface area (TPSA) is 82.3 Å². The van der Waals surface area contributed by atoms with E-state index in [-0.39, 0.29) is 23.8 Å². The first-order chi connectivity index (χ1) is 11.4. The molecule has 0 N–H and O–H groups in total. The molecule has 0 aliphatic heterocycles. The molecule has 10 heteroatoms. The number of rotatable bonds is 3. The molecule has 0 fully saturated rings. The lowest BCUT2D eigenvalue weighted by atomic mass is 10.2. The summed E-state index contributed by atoms with van der Waals surface area (Å²) < 4.78 is 43.7. The Balaban J connectivity index is 1.94. The normalized spacial score (nSPS) is 11.7. The zero-order valence-electron chi connectivity index (χ0n) is 12.3. The third kappa shape index (κ3) is 3.03. The number of carbonyl (C=O) groups is 1. The van der Waals surface area contributed by atoms with Crippen LogP contribution in [0.4, 0.5) is 13.2 Å². The van der Waals surface area contributed by atoms with Gasteiger partial charge in [0.25, 0.3) is 5.82 Å². The highest BCUT2D eigenvalue weighted by atomic mass is 19.4. The standard InChI is InChI=1S/C14H10F3N5O2/c1-2-24-13(23)12-20-11-6-19-10(7-22(11)21-12)9-4-3-8(5-18-9)14(15,16)17/h3-7H,2H2,1H3. The number of fused-ring (bicyclic) bond motifs is 1. The van der Waals surface area contributed by atoms with Crippen molar-refractivity contribution < 1.29 is 22.7 Å². The predicted molar refractivity (Wildman–Crippen MR) is 75.0 cm³/mol. The number of ether oxygens (including phenoxy) is 1. The second-order valence-electron chi connectivity index (χ2n) is 4.66. The van der Waals surface area contributed by atoms with Crippen molar-refractivity contribution in [3.8, 4) is 11.4 Å². The molecular formula is C14H10F3N5O2. The van der Waals surface area contributed by atoms with Crippen molar-refractivity contribution in [3.05, 3.63) is 42.1 Å². The Morgan fingerprint density at radius 1 is 1.21 bits per heavy atom. The van der Waals surface area contributed by atoms with Gasteiger partial charge in [0.2, 0.25) is 0 Å². The number of hydrogen-bond acceptors (Lipinski definition) is 6. The molecule has 0 aliphatic rings. The smallest absolute Gasteiger partial charge is 0.417 e. The van der Waals surface area contributed by atoms with E-state index in [0.717, 1.165) is 12.3 Å². The number of hydrogen-bond donors (Lipinski definition) is 0. The molecule has 3 heterocycles. The first-order valence-corrected chi connectivity index (χ1v) is 6.81. The van der Waals surface area contributed by atoms with E-state index in [1.807, 2.05) is 0 Å². The molecule has 124 valence electrons. The van der Waals surface area contributed by atoms with Gasteiger partial charge in [0.1, 0.15) is 5.69 Å². The summed E-state index contributed by atoms with van der Waals surface area (Å²) in [6, 6.07) is 2.12. The molecule has 0 aliphatic carbocycles. The second-order valence-corrected chi connectivity index (χ2v) is 4.66. The third-order valence-corrected chi connectivity index (χ3v) is 3.03. The van der Waals surface area contributed by atoms with Gasteiger partial charge in [-0.2, -0.15) is 18.2 Å². The van der Waals surface area contributed by atoms with Crippen molar-refractivity contribution in [2.45, 2.75) is 13.1 Å². The van der Waals surface area contributed by atoms with Crippen LogP contribution in [0.25, 0.3) is 17.0 Å². The first-order valence-electron chi connectivity index (χ1n) is 6.81. The van der Waals surface area contributed by atoms with Gasteiger partial charge in [0.05, 0.1) is 30.3 Å². The Bertz CT molecular complexity index is 890. The fourth-order valence-corrected chi connectivity index (χ4v) is 1.92. The highest BCUT2D eigenvalue weighted by Gasteiger charge is 2.30. The second kappa shape index (κ2) is 5.87. The van der Waals surface area contributed by atoms with Crippen LogP contribution in [0.15, 0.2) is 30.7 Å². The van der Waals surface area contributed by atoms with Crippen molar-refractivity contribution >= 4 is 11.6 Å². The summed E-state index contributed by atoms with van der Waals surface area (Å²) in [6.07, 6.45) is -0.971. The average molecular weight is 337 g/mol. The molecule has 0 atom stereocenters. The zero-order chi connectivity index (χ0) is 17.3. The Morgan fingerprint density at radius 3 is 2.58 bits per heavy atom. The van der Waals surface area contributed by atoms with Crippen molar-refractivity contribution in [1.29, 1.82) is 0 Å². The predicted octanol–water partition coefficient (Wildman–Crippen LogP) is 2.38. The summed E-state index contributed by atoms with van der Waals surface area (Å²) in [6.45, 7) is 1.84. The van der Waals surface area contributed by atoms with Gasteiger partial charge in [-0.3, -0.25) is 4.98 Å². The fourth-order valence-electron chi connectivity index (χ4n) is 1.92. The van der Waals surface area contributed by atoms with Crippen molar-refractivity contribution in [3.63, 3.8) is 0 Å². The van der Waals surface area contributed by atoms with Gasteiger partial charge in [-0.05, 0) is 19.1 Å². The maximum absolute atomic E-state index is 12.5. The quantitative estimate of drug-likeness (QED) is 0.683. The average Bonchev–Trinajstić information content (AvgIpc) is 2.97. The van der Waals surface area contributed by atoms with Gasteiger partial charge in [0, 0.05) is 6.20 Å². The van der Waals surface area contributed by atoms with Crippen LogP contribution in [-0.4, -0.2) is 37.1 Å². The largest absolute Gasteiger partial charge is 0.460 e. The minimum absolute atomic E-state index is 0.129. The maximum atomic E-state index is 12.5. The third-order valence-electron chi connectivity index (χ3n) is 3.03. The lowest BCUT2D eigenvalue weighted by molar-refractivity contribution is -0.137. The van der Waals surface area contributed by atoms with Crippen LogP contribution in [0, 0.1) is 0 Å². The van der Waals surface area contributed by atoms with E-state index in [0.29, 0.717) is 5.65 Å². The highest BCUT2D eigenvalue weighted by molar-refractivity contribution is 5.85. The van der Waals surface area contributed by atoms with E-state index in [9.17, 15) is 18.0 Å². The van der Waals surface area contributed by atoms with Gasteiger partial charge < -0.3 is 4.74 Å². The molecular weight excluding hydrogens is 327 g/mol. The minimum Gasteiger partial charge on any atom is -0.460 e. The molecule has 0 saturated carbocycles. The van der Waals surface area contributed by atoms with Crippen LogP contribution < -0.4 is 0 Å². The van der Waals surface area contributed by atoms with Crippen LogP contribution in [0.3, 0.4) is 0 Å². The monoisotopic (exact) mass is 337 g/mol. The van der Waals surface area contributed by atoms with Crippen molar-refractivity contribution in [2.75, 3.05) is 6.61 Å². The van der Waals surface area contributed by atoms with E-state index in [1.54, 1.807) is 6.92 Å². The molecule has 7 nitrogen and oxygen atoms in total. The van der Waals surface area contributed by atoms with E-state index in [1.165, 1.54) is 23.0 Å². The molecule has 0 radical (unpaired) electrons. The number of carbonyl (C=O) groups excluding carboxylic acids is 1. The van der Waals surface area contributed by atoms with E-state index in [4.69, 9.17) is 4.74 Å². The molecule has 0 spiro atoms. The number of pyridine rings is 1. The summed E-state index contributed by atoms with van der Waals surface area (Å²) >= 11 is 0. The summed E-state index contributed by atoms with van der Waals surface area (Å²) in [4.78, 5) is 23.4.